The summed E-state index contributed by atoms with van der Waals surface area (Å²) in [6, 6.07) is 7.10. The number of para-hydroxylation sites is 1. The minimum atomic E-state index is -0.165. The topological polar surface area (TPSA) is 58.6 Å². The lowest BCUT2D eigenvalue weighted by molar-refractivity contribution is -0.116. The van der Waals surface area contributed by atoms with E-state index in [0.29, 0.717) is 31.0 Å². The Hall–Kier alpha value is -1.88. The molecule has 0 aromatic heterocycles. The molecule has 1 aromatic carbocycles. The Morgan fingerprint density at radius 1 is 1.35 bits per heavy atom. The van der Waals surface area contributed by atoms with Gasteiger partial charge >= 0.3 is 0 Å². The normalized spacial score (nSPS) is 16.1. The van der Waals surface area contributed by atoms with Crippen molar-refractivity contribution in [2.24, 2.45) is 5.41 Å². The molecule has 0 atom stereocenters. The average molecular weight is 276 g/mol. The maximum Gasteiger partial charge on any atom is 0.253 e. The van der Waals surface area contributed by atoms with Crippen molar-refractivity contribution >= 4 is 17.5 Å². The molecule has 108 valence electrons. The van der Waals surface area contributed by atoms with Gasteiger partial charge in [0.25, 0.3) is 5.91 Å². The van der Waals surface area contributed by atoms with Crippen LogP contribution in [0.4, 0.5) is 5.69 Å². The number of ether oxygens (including phenoxy) is 1. The lowest BCUT2D eigenvalue weighted by Crippen LogP contribution is -2.48. The van der Waals surface area contributed by atoms with Crippen molar-refractivity contribution in [3.05, 3.63) is 29.8 Å². The van der Waals surface area contributed by atoms with Gasteiger partial charge in [0.05, 0.1) is 24.5 Å². The highest BCUT2D eigenvalue weighted by Gasteiger charge is 2.33. The number of rotatable bonds is 4. The molecule has 0 bridgehead atoms. The molecule has 0 radical (unpaired) electrons. The van der Waals surface area contributed by atoms with Gasteiger partial charge < -0.3 is 15.0 Å². The number of carbonyl (C=O) groups excluding carboxylic acids is 2. The summed E-state index contributed by atoms with van der Waals surface area (Å²) in [6.45, 7) is 5.46. The Labute approximate surface area is 118 Å². The third-order valence-corrected chi connectivity index (χ3v) is 3.56. The van der Waals surface area contributed by atoms with Crippen LogP contribution in [0.3, 0.4) is 0 Å². The zero-order valence-corrected chi connectivity index (χ0v) is 12.1. The second-order valence-corrected chi connectivity index (χ2v) is 5.58. The highest BCUT2D eigenvalue weighted by atomic mass is 16.5. The highest BCUT2D eigenvalue weighted by Crippen LogP contribution is 2.26. The van der Waals surface area contributed by atoms with Gasteiger partial charge in [-0.05, 0) is 12.1 Å². The summed E-state index contributed by atoms with van der Waals surface area (Å²) >= 11 is 0. The molecule has 0 spiro atoms. The molecule has 1 N–H and O–H groups in total. The van der Waals surface area contributed by atoms with Crippen molar-refractivity contribution in [3.63, 3.8) is 0 Å². The summed E-state index contributed by atoms with van der Waals surface area (Å²) < 4.78 is 5.17. The zero-order valence-electron chi connectivity index (χ0n) is 12.1. The van der Waals surface area contributed by atoms with Crippen molar-refractivity contribution in [3.8, 4) is 0 Å². The standard InChI is InChI=1S/C15H20N2O3/c1-11(18)17(3)13-7-5-4-6-12(13)14(19)16-8-15(2)9-20-10-15/h4-7H,8-10H2,1-3H3,(H,16,19). The van der Waals surface area contributed by atoms with Crippen LogP contribution in [0.25, 0.3) is 0 Å². The van der Waals surface area contributed by atoms with Crippen LogP contribution < -0.4 is 10.2 Å². The summed E-state index contributed by atoms with van der Waals surface area (Å²) in [4.78, 5) is 25.2. The van der Waals surface area contributed by atoms with Gasteiger partial charge in [-0.25, -0.2) is 0 Å². The third kappa shape index (κ3) is 2.99. The van der Waals surface area contributed by atoms with E-state index in [1.807, 2.05) is 6.07 Å². The maximum absolute atomic E-state index is 12.3. The van der Waals surface area contributed by atoms with E-state index in [4.69, 9.17) is 4.74 Å². The van der Waals surface area contributed by atoms with Crippen molar-refractivity contribution in [2.45, 2.75) is 13.8 Å². The number of nitrogens with one attached hydrogen (secondary N) is 1. The fourth-order valence-corrected chi connectivity index (χ4v) is 2.07. The van der Waals surface area contributed by atoms with Crippen molar-refractivity contribution in [1.29, 1.82) is 0 Å². The van der Waals surface area contributed by atoms with Gasteiger partial charge in [0.1, 0.15) is 0 Å². The Morgan fingerprint density at radius 3 is 2.55 bits per heavy atom. The molecule has 1 fully saturated rings. The molecule has 1 saturated heterocycles. The molecule has 2 rings (SSSR count). The molecular weight excluding hydrogens is 256 g/mol. The predicted molar refractivity (Wildman–Crippen MR) is 76.8 cm³/mol. The van der Waals surface area contributed by atoms with E-state index in [2.05, 4.69) is 12.2 Å². The van der Waals surface area contributed by atoms with Gasteiger partial charge in [0.15, 0.2) is 0 Å². The number of anilines is 1. The first-order valence-corrected chi connectivity index (χ1v) is 6.62. The summed E-state index contributed by atoms with van der Waals surface area (Å²) in [5, 5.41) is 2.92. The lowest BCUT2D eigenvalue weighted by Gasteiger charge is -2.38. The Bertz CT molecular complexity index is 524. The number of hydrogen-bond donors (Lipinski definition) is 1. The van der Waals surface area contributed by atoms with Gasteiger partial charge in [-0.15, -0.1) is 0 Å². The highest BCUT2D eigenvalue weighted by molar-refractivity contribution is 6.04. The number of hydrogen-bond acceptors (Lipinski definition) is 3. The SMILES string of the molecule is CC(=O)N(C)c1ccccc1C(=O)NCC1(C)COC1. The van der Waals surface area contributed by atoms with E-state index in [1.54, 1.807) is 25.2 Å². The largest absolute Gasteiger partial charge is 0.380 e. The molecule has 1 aliphatic heterocycles. The van der Waals surface area contributed by atoms with Crippen LogP contribution in [0.1, 0.15) is 24.2 Å². The average Bonchev–Trinajstić information content (AvgIpc) is 2.41. The first-order chi connectivity index (χ1) is 9.43. The monoisotopic (exact) mass is 276 g/mol. The molecule has 1 aliphatic rings. The van der Waals surface area contributed by atoms with Crippen LogP contribution in [0, 0.1) is 5.41 Å². The van der Waals surface area contributed by atoms with E-state index in [9.17, 15) is 9.59 Å². The zero-order chi connectivity index (χ0) is 14.8. The predicted octanol–water partition coefficient (Wildman–Crippen LogP) is 1.44. The molecule has 0 saturated carbocycles. The van der Waals surface area contributed by atoms with Gasteiger partial charge in [0.2, 0.25) is 5.91 Å². The van der Waals surface area contributed by atoms with Crippen LogP contribution in [0.5, 0.6) is 0 Å². The number of amides is 2. The second kappa shape index (κ2) is 5.63. The number of carbonyl (C=O) groups is 2. The van der Waals surface area contributed by atoms with Gasteiger partial charge in [-0.3, -0.25) is 9.59 Å². The fourth-order valence-electron chi connectivity index (χ4n) is 2.07. The Morgan fingerprint density at radius 2 is 2.00 bits per heavy atom. The smallest absolute Gasteiger partial charge is 0.253 e. The Balaban J connectivity index is 2.11. The fraction of sp³-hybridized carbons (Fsp3) is 0.467. The number of benzene rings is 1. The van der Waals surface area contributed by atoms with Gasteiger partial charge in [-0.2, -0.15) is 0 Å². The molecule has 1 aromatic rings. The van der Waals surface area contributed by atoms with Gasteiger partial charge in [-0.1, -0.05) is 19.1 Å². The van der Waals surface area contributed by atoms with Crippen LogP contribution in [0.15, 0.2) is 24.3 Å². The molecule has 20 heavy (non-hydrogen) atoms. The van der Waals surface area contributed by atoms with Crippen molar-refractivity contribution < 1.29 is 14.3 Å². The lowest BCUT2D eigenvalue weighted by atomic mass is 9.88. The van der Waals surface area contributed by atoms with E-state index in [1.165, 1.54) is 11.8 Å². The molecule has 0 unspecified atom stereocenters. The van der Waals surface area contributed by atoms with E-state index < -0.39 is 0 Å². The van der Waals surface area contributed by atoms with Crippen molar-refractivity contribution in [2.75, 3.05) is 31.7 Å². The molecule has 5 heteroatoms. The summed E-state index contributed by atoms with van der Waals surface area (Å²) in [5.41, 5.74) is 1.15. The first-order valence-electron chi connectivity index (χ1n) is 6.62. The maximum atomic E-state index is 12.3. The first kappa shape index (κ1) is 14.5. The molecule has 2 amide bonds. The third-order valence-electron chi connectivity index (χ3n) is 3.56. The molecule has 0 aliphatic carbocycles. The summed E-state index contributed by atoms with van der Waals surface area (Å²) in [6.07, 6.45) is 0. The van der Waals surface area contributed by atoms with Crippen LogP contribution in [0.2, 0.25) is 0 Å². The summed E-state index contributed by atoms with van der Waals surface area (Å²) in [7, 11) is 1.66. The Kier molecular flexibility index (Phi) is 4.09. The molecule has 1 heterocycles. The van der Waals surface area contributed by atoms with Crippen LogP contribution in [-0.4, -0.2) is 38.6 Å². The second-order valence-electron chi connectivity index (χ2n) is 5.58. The van der Waals surface area contributed by atoms with E-state index in [0.717, 1.165) is 0 Å². The minimum Gasteiger partial charge on any atom is -0.380 e. The van der Waals surface area contributed by atoms with Crippen LogP contribution in [-0.2, 0) is 9.53 Å². The quantitative estimate of drug-likeness (QED) is 0.905. The number of nitrogens with zero attached hydrogens (tertiary/aromatic N) is 1. The van der Waals surface area contributed by atoms with Crippen molar-refractivity contribution in [1.82, 2.24) is 5.32 Å². The molecule has 5 nitrogen and oxygen atoms in total. The molecular formula is C15H20N2O3. The van der Waals surface area contributed by atoms with Gasteiger partial charge in [0, 0.05) is 25.9 Å². The van der Waals surface area contributed by atoms with E-state index in [-0.39, 0.29) is 17.2 Å². The van der Waals surface area contributed by atoms with E-state index >= 15 is 0 Å². The minimum absolute atomic E-state index is 0.0249. The summed E-state index contributed by atoms with van der Waals surface area (Å²) in [5.74, 6) is -0.272. The van der Waals surface area contributed by atoms with Crippen LogP contribution >= 0.6 is 0 Å².